The van der Waals surface area contributed by atoms with Crippen molar-refractivity contribution in [3.05, 3.63) is 11.6 Å². The van der Waals surface area contributed by atoms with Crippen LogP contribution in [-0.4, -0.2) is 22.8 Å². The van der Waals surface area contributed by atoms with E-state index in [1.165, 1.54) is 0 Å². The maximum Gasteiger partial charge on any atom is 0.159 e. The van der Waals surface area contributed by atoms with Gasteiger partial charge >= 0.3 is 0 Å². The molecule has 18 heavy (non-hydrogen) atoms. The van der Waals surface area contributed by atoms with Gasteiger partial charge in [0.05, 0.1) is 6.10 Å². The summed E-state index contributed by atoms with van der Waals surface area (Å²) in [6.45, 7) is 7.74. The average molecular weight is 250 g/mol. The van der Waals surface area contributed by atoms with Crippen molar-refractivity contribution in [1.29, 1.82) is 0 Å². The highest BCUT2D eigenvalue weighted by atomic mass is 16.3. The van der Waals surface area contributed by atoms with Gasteiger partial charge in [0.2, 0.25) is 0 Å². The normalized spacial score (nSPS) is 40.8. The van der Waals surface area contributed by atoms with Crippen LogP contribution in [0.5, 0.6) is 0 Å². The van der Waals surface area contributed by atoms with E-state index >= 15 is 0 Å². The van der Waals surface area contributed by atoms with E-state index in [4.69, 9.17) is 0 Å². The smallest absolute Gasteiger partial charge is 0.159 e. The van der Waals surface area contributed by atoms with E-state index < -0.39 is 11.5 Å². The van der Waals surface area contributed by atoms with E-state index in [1.54, 1.807) is 13.0 Å². The van der Waals surface area contributed by atoms with Crippen LogP contribution in [0.4, 0.5) is 0 Å². The quantitative estimate of drug-likeness (QED) is 0.775. The van der Waals surface area contributed by atoms with Crippen molar-refractivity contribution in [3.8, 4) is 0 Å². The molecule has 1 fully saturated rings. The molecule has 0 saturated heterocycles. The molecule has 0 aromatic carbocycles. The Hall–Kier alpha value is -0.960. The standard InChI is InChI=1S/C15H22O3/c1-8(2)14-11(16)6-10(4)15(14)7-12(17)9(3)5-13(15)18/h5,8,10,13-14,18H,6-7H2,1-4H3. The number of ketones is 2. The van der Waals surface area contributed by atoms with Crippen molar-refractivity contribution in [2.24, 2.45) is 23.2 Å². The second-order valence-corrected chi connectivity index (χ2v) is 6.30. The molecule has 4 unspecified atom stereocenters. The molecular formula is C15H22O3. The van der Waals surface area contributed by atoms with E-state index in [9.17, 15) is 14.7 Å². The number of carbonyl (C=O) groups excluding carboxylic acids is 2. The summed E-state index contributed by atoms with van der Waals surface area (Å²) < 4.78 is 0. The van der Waals surface area contributed by atoms with Gasteiger partial charge in [-0.1, -0.05) is 20.8 Å². The van der Waals surface area contributed by atoms with Crippen LogP contribution in [-0.2, 0) is 9.59 Å². The first-order valence-electron chi connectivity index (χ1n) is 6.73. The lowest BCUT2D eigenvalue weighted by molar-refractivity contribution is -0.131. The predicted molar refractivity (Wildman–Crippen MR) is 68.9 cm³/mol. The van der Waals surface area contributed by atoms with Gasteiger partial charge in [-0.2, -0.15) is 0 Å². The lowest BCUT2D eigenvalue weighted by atomic mass is 9.60. The zero-order chi connectivity index (χ0) is 13.7. The summed E-state index contributed by atoms with van der Waals surface area (Å²) in [7, 11) is 0. The molecule has 0 aromatic heterocycles. The summed E-state index contributed by atoms with van der Waals surface area (Å²) in [4.78, 5) is 24.2. The minimum absolute atomic E-state index is 0.0701. The third-order valence-corrected chi connectivity index (χ3v) is 4.88. The van der Waals surface area contributed by atoms with Crippen LogP contribution < -0.4 is 0 Å². The number of allylic oxidation sites excluding steroid dienone is 1. The lowest BCUT2D eigenvalue weighted by Crippen LogP contribution is -2.48. The van der Waals surface area contributed by atoms with Crippen LogP contribution in [0.3, 0.4) is 0 Å². The average Bonchev–Trinajstić information content (AvgIpc) is 2.48. The van der Waals surface area contributed by atoms with Crippen molar-refractivity contribution >= 4 is 11.6 Å². The van der Waals surface area contributed by atoms with Gasteiger partial charge < -0.3 is 5.11 Å². The molecule has 0 amide bonds. The van der Waals surface area contributed by atoms with Crippen LogP contribution >= 0.6 is 0 Å². The van der Waals surface area contributed by atoms with Gasteiger partial charge in [-0.15, -0.1) is 0 Å². The first-order chi connectivity index (χ1) is 8.30. The van der Waals surface area contributed by atoms with E-state index in [1.807, 2.05) is 20.8 Å². The fourth-order valence-electron chi connectivity index (χ4n) is 3.98. The Kier molecular flexibility index (Phi) is 3.22. The molecule has 2 aliphatic carbocycles. The third kappa shape index (κ3) is 1.68. The first-order valence-corrected chi connectivity index (χ1v) is 6.73. The van der Waals surface area contributed by atoms with Gasteiger partial charge in [0, 0.05) is 24.2 Å². The van der Waals surface area contributed by atoms with Crippen molar-refractivity contribution in [2.45, 2.75) is 46.6 Å². The highest BCUT2D eigenvalue weighted by Crippen LogP contribution is 2.55. The minimum Gasteiger partial charge on any atom is -0.388 e. The molecule has 0 heterocycles. The molecule has 1 saturated carbocycles. The minimum atomic E-state index is -0.677. The summed E-state index contributed by atoms with van der Waals surface area (Å²) in [5, 5.41) is 10.5. The number of hydrogen-bond donors (Lipinski definition) is 1. The lowest BCUT2D eigenvalue weighted by Gasteiger charge is -2.44. The fraction of sp³-hybridized carbons (Fsp3) is 0.733. The van der Waals surface area contributed by atoms with Gasteiger partial charge in [-0.3, -0.25) is 9.59 Å². The topological polar surface area (TPSA) is 54.4 Å². The van der Waals surface area contributed by atoms with Crippen molar-refractivity contribution in [3.63, 3.8) is 0 Å². The molecule has 0 aliphatic heterocycles. The predicted octanol–water partition coefficient (Wildman–Crippen LogP) is 2.13. The highest BCUT2D eigenvalue weighted by Gasteiger charge is 2.59. The van der Waals surface area contributed by atoms with Crippen LogP contribution in [0, 0.1) is 23.2 Å². The number of Topliss-reactive ketones (excluding diaryl/α,β-unsaturated/α-hetero) is 2. The Morgan fingerprint density at radius 2 is 2.00 bits per heavy atom. The van der Waals surface area contributed by atoms with Crippen LogP contribution in [0.2, 0.25) is 0 Å². The highest BCUT2D eigenvalue weighted by molar-refractivity contribution is 5.98. The van der Waals surface area contributed by atoms with E-state index in [2.05, 4.69) is 0 Å². The molecule has 2 aliphatic rings. The SMILES string of the molecule is CC1=CC(O)C2(CC1=O)C(C)CC(=O)C2C(C)C. The summed E-state index contributed by atoms with van der Waals surface area (Å²) in [5.74, 6) is 0.318. The second-order valence-electron chi connectivity index (χ2n) is 6.30. The van der Waals surface area contributed by atoms with Gasteiger partial charge in [-0.25, -0.2) is 0 Å². The van der Waals surface area contributed by atoms with Crippen LogP contribution in [0.1, 0.15) is 40.5 Å². The Bertz CT molecular complexity index is 421. The van der Waals surface area contributed by atoms with Crippen LogP contribution in [0.15, 0.2) is 11.6 Å². The molecule has 1 spiro atoms. The summed E-state index contributed by atoms with van der Waals surface area (Å²) in [5.41, 5.74) is 0.0594. The maximum absolute atomic E-state index is 12.2. The van der Waals surface area contributed by atoms with Crippen molar-refractivity contribution in [1.82, 2.24) is 0 Å². The molecule has 4 atom stereocenters. The molecule has 0 radical (unpaired) electrons. The first kappa shape index (κ1) is 13.5. The molecule has 3 nitrogen and oxygen atoms in total. The summed E-state index contributed by atoms with van der Waals surface area (Å²) >= 11 is 0. The number of aliphatic hydroxyl groups is 1. The van der Waals surface area contributed by atoms with Crippen molar-refractivity contribution < 1.29 is 14.7 Å². The molecule has 1 N–H and O–H groups in total. The Labute approximate surface area is 108 Å². The van der Waals surface area contributed by atoms with Gasteiger partial charge in [0.1, 0.15) is 5.78 Å². The zero-order valence-corrected chi connectivity index (χ0v) is 11.6. The van der Waals surface area contributed by atoms with E-state index in [0.717, 1.165) is 0 Å². The largest absolute Gasteiger partial charge is 0.388 e. The Morgan fingerprint density at radius 1 is 1.39 bits per heavy atom. The monoisotopic (exact) mass is 250 g/mol. The number of carbonyl (C=O) groups is 2. The molecular weight excluding hydrogens is 228 g/mol. The summed E-state index contributed by atoms with van der Waals surface area (Å²) in [6.07, 6.45) is 1.77. The van der Waals surface area contributed by atoms with Crippen LogP contribution in [0.25, 0.3) is 0 Å². The second kappa shape index (κ2) is 4.30. The summed E-state index contributed by atoms with van der Waals surface area (Å²) in [6, 6.07) is 0. The van der Waals surface area contributed by atoms with Gasteiger partial charge in [0.25, 0.3) is 0 Å². The molecule has 0 aromatic rings. The van der Waals surface area contributed by atoms with Crippen molar-refractivity contribution in [2.75, 3.05) is 0 Å². The third-order valence-electron chi connectivity index (χ3n) is 4.88. The number of rotatable bonds is 1. The van der Waals surface area contributed by atoms with Gasteiger partial charge in [-0.05, 0) is 30.4 Å². The Balaban J connectivity index is 2.51. The van der Waals surface area contributed by atoms with E-state index in [-0.39, 0.29) is 29.3 Å². The maximum atomic E-state index is 12.2. The number of hydrogen-bond acceptors (Lipinski definition) is 3. The molecule has 3 heteroatoms. The molecule has 100 valence electrons. The molecule has 0 bridgehead atoms. The Morgan fingerprint density at radius 3 is 2.56 bits per heavy atom. The fourth-order valence-corrected chi connectivity index (χ4v) is 3.98. The van der Waals surface area contributed by atoms with E-state index in [0.29, 0.717) is 18.4 Å². The number of aliphatic hydroxyl groups excluding tert-OH is 1. The molecule has 2 rings (SSSR count). The zero-order valence-electron chi connectivity index (χ0n) is 11.6. The van der Waals surface area contributed by atoms with Gasteiger partial charge in [0.15, 0.2) is 5.78 Å².